The minimum Gasteiger partial charge on any atom is -0.479 e. The van der Waals surface area contributed by atoms with Gasteiger partial charge in [0.1, 0.15) is 11.6 Å². The number of hydrogen-bond donors (Lipinski definition) is 1. The normalized spacial score (nSPS) is 19.3. The first-order valence-electron chi connectivity index (χ1n) is 7.07. The molecule has 0 bridgehead atoms. The van der Waals surface area contributed by atoms with Gasteiger partial charge in [0.25, 0.3) is 5.91 Å². The fourth-order valence-corrected chi connectivity index (χ4v) is 2.40. The van der Waals surface area contributed by atoms with E-state index in [4.69, 9.17) is 21.1 Å². The van der Waals surface area contributed by atoms with E-state index in [-0.39, 0.29) is 17.0 Å². The third-order valence-electron chi connectivity index (χ3n) is 3.36. The molecule has 1 amide bonds. The molecule has 0 aromatic heterocycles. The number of benzene rings is 1. The number of amides is 1. The lowest BCUT2D eigenvalue weighted by Gasteiger charge is -2.16. The SMILES string of the molecule is C[C@@H](Oc1ccc(F)cc1Cl)C(=O)NCC[C@H]1CCCO1. The lowest BCUT2D eigenvalue weighted by Crippen LogP contribution is -2.37. The van der Waals surface area contributed by atoms with Crippen molar-refractivity contribution in [2.75, 3.05) is 13.2 Å². The molecule has 0 radical (unpaired) electrons. The van der Waals surface area contributed by atoms with E-state index in [0.29, 0.717) is 12.3 Å². The van der Waals surface area contributed by atoms with Crippen LogP contribution in [0, 0.1) is 5.82 Å². The molecule has 116 valence electrons. The van der Waals surface area contributed by atoms with Crippen LogP contribution in [0.2, 0.25) is 5.02 Å². The number of hydrogen-bond acceptors (Lipinski definition) is 3. The van der Waals surface area contributed by atoms with Crippen molar-refractivity contribution in [1.82, 2.24) is 5.32 Å². The summed E-state index contributed by atoms with van der Waals surface area (Å²) in [5, 5.41) is 2.95. The standard InChI is InChI=1S/C15H19ClFNO3/c1-10(21-14-5-4-11(17)9-13(14)16)15(19)18-7-6-12-3-2-8-20-12/h4-5,9-10,12H,2-3,6-8H2,1H3,(H,18,19)/t10-,12-/m1/s1. The molecule has 1 heterocycles. The molecule has 2 rings (SSSR count). The fraction of sp³-hybridized carbons (Fsp3) is 0.533. The molecule has 0 unspecified atom stereocenters. The predicted molar refractivity (Wildman–Crippen MR) is 78.1 cm³/mol. The second-order valence-electron chi connectivity index (χ2n) is 5.05. The van der Waals surface area contributed by atoms with Crippen LogP contribution in [-0.2, 0) is 9.53 Å². The number of ether oxygens (including phenoxy) is 2. The van der Waals surface area contributed by atoms with Gasteiger partial charge in [0, 0.05) is 13.2 Å². The van der Waals surface area contributed by atoms with Crippen molar-refractivity contribution < 1.29 is 18.7 Å². The highest BCUT2D eigenvalue weighted by Gasteiger charge is 2.18. The Morgan fingerprint density at radius 3 is 3.10 bits per heavy atom. The predicted octanol–water partition coefficient (Wildman–Crippen LogP) is 2.93. The van der Waals surface area contributed by atoms with E-state index >= 15 is 0 Å². The minimum atomic E-state index is -0.697. The number of carbonyl (C=O) groups is 1. The van der Waals surface area contributed by atoms with Crippen molar-refractivity contribution in [2.24, 2.45) is 0 Å². The van der Waals surface area contributed by atoms with Crippen LogP contribution in [0.1, 0.15) is 26.2 Å². The van der Waals surface area contributed by atoms with Gasteiger partial charge in [-0.2, -0.15) is 0 Å². The Bertz CT molecular complexity index is 492. The lowest BCUT2D eigenvalue weighted by molar-refractivity contribution is -0.127. The van der Waals surface area contributed by atoms with Crippen LogP contribution in [0.5, 0.6) is 5.75 Å². The van der Waals surface area contributed by atoms with E-state index in [1.165, 1.54) is 12.1 Å². The number of carbonyl (C=O) groups excluding carboxylic acids is 1. The zero-order valence-corrected chi connectivity index (χ0v) is 12.7. The van der Waals surface area contributed by atoms with E-state index in [1.807, 2.05) is 0 Å². The molecule has 1 aromatic carbocycles. The summed E-state index contributed by atoms with van der Waals surface area (Å²) in [7, 11) is 0. The van der Waals surface area contributed by atoms with E-state index in [2.05, 4.69) is 5.32 Å². The van der Waals surface area contributed by atoms with Gasteiger partial charge in [0.05, 0.1) is 11.1 Å². The zero-order valence-electron chi connectivity index (χ0n) is 11.9. The summed E-state index contributed by atoms with van der Waals surface area (Å²) in [4.78, 5) is 11.9. The van der Waals surface area contributed by atoms with E-state index in [1.54, 1.807) is 6.92 Å². The molecular formula is C15H19ClFNO3. The molecule has 1 N–H and O–H groups in total. The first kappa shape index (κ1) is 16.0. The first-order valence-corrected chi connectivity index (χ1v) is 7.45. The van der Waals surface area contributed by atoms with Gasteiger partial charge in [-0.05, 0) is 44.4 Å². The monoisotopic (exact) mass is 315 g/mol. The molecule has 21 heavy (non-hydrogen) atoms. The summed E-state index contributed by atoms with van der Waals surface area (Å²) in [5.74, 6) is -0.380. The quantitative estimate of drug-likeness (QED) is 0.878. The van der Waals surface area contributed by atoms with Gasteiger partial charge in [0.15, 0.2) is 6.10 Å². The molecule has 6 heteroatoms. The Kier molecular flexibility index (Phi) is 5.82. The molecule has 1 aliphatic rings. The van der Waals surface area contributed by atoms with E-state index in [0.717, 1.165) is 31.9 Å². The average Bonchev–Trinajstić information content (AvgIpc) is 2.95. The third kappa shape index (κ3) is 4.86. The Balaban J connectivity index is 1.76. The number of rotatable bonds is 6. The molecule has 1 aliphatic heterocycles. The van der Waals surface area contributed by atoms with Crippen molar-refractivity contribution in [3.8, 4) is 5.75 Å². The van der Waals surface area contributed by atoms with Gasteiger partial charge < -0.3 is 14.8 Å². The van der Waals surface area contributed by atoms with Crippen LogP contribution in [0.15, 0.2) is 18.2 Å². The van der Waals surface area contributed by atoms with Gasteiger partial charge in [-0.25, -0.2) is 4.39 Å². The highest BCUT2D eigenvalue weighted by atomic mass is 35.5. The number of nitrogens with one attached hydrogen (secondary N) is 1. The van der Waals surface area contributed by atoms with Crippen LogP contribution in [0.25, 0.3) is 0 Å². The topological polar surface area (TPSA) is 47.6 Å². The van der Waals surface area contributed by atoms with Crippen molar-refractivity contribution in [1.29, 1.82) is 0 Å². The largest absolute Gasteiger partial charge is 0.479 e. The molecule has 0 spiro atoms. The van der Waals surface area contributed by atoms with Crippen molar-refractivity contribution in [3.63, 3.8) is 0 Å². The van der Waals surface area contributed by atoms with Crippen molar-refractivity contribution >= 4 is 17.5 Å². The summed E-state index contributed by atoms with van der Waals surface area (Å²) < 4.78 is 23.9. The Morgan fingerprint density at radius 1 is 1.62 bits per heavy atom. The zero-order chi connectivity index (χ0) is 15.2. The van der Waals surface area contributed by atoms with Crippen LogP contribution in [-0.4, -0.2) is 31.3 Å². The lowest BCUT2D eigenvalue weighted by atomic mass is 10.2. The Morgan fingerprint density at radius 2 is 2.43 bits per heavy atom. The summed E-state index contributed by atoms with van der Waals surface area (Å²) in [5.41, 5.74) is 0. The molecule has 0 saturated carbocycles. The third-order valence-corrected chi connectivity index (χ3v) is 3.65. The maximum Gasteiger partial charge on any atom is 0.260 e. The maximum absolute atomic E-state index is 12.9. The van der Waals surface area contributed by atoms with Gasteiger partial charge in [-0.1, -0.05) is 11.6 Å². The minimum absolute atomic E-state index is 0.147. The molecular weight excluding hydrogens is 297 g/mol. The molecule has 4 nitrogen and oxygen atoms in total. The summed E-state index contributed by atoms with van der Waals surface area (Å²) in [6.07, 6.45) is 2.48. The Hall–Kier alpha value is -1.33. The molecule has 1 saturated heterocycles. The summed E-state index contributed by atoms with van der Waals surface area (Å²) >= 11 is 5.86. The highest BCUT2D eigenvalue weighted by Crippen LogP contribution is 2.25. The second kappa shape index (κ2) is 7.61. The van der Waals surface area contributed by atoms with E-state index < -0.39 is 11.9 Å². The van der Waals surface area contributed by atoms with Crippen molar-refractivity contribution in [3.05, 3.63) is 29.0 Å². The average molecular weight is 316 g/mol. The summed E-state index contributed by atoms with van der Waals surface area (Å²) in [6.45, 7) is 2.98. The molecule has 1 fully saturated rings. The van der Waals surface area contributed by atoms with E-state index in [9.17, 15) is 9.18 Å². The fourth-order valence-electron chi connectivity index (χ4n) is 2.19. The molecule has 2 atom stereocenters. The second-order valence-corrected chi connectivity index (χ2v) is 5.46. The first-order chi connectivity index (χ1) is 10.1. The van der Waals surface area contributed by atoms with Gasteiger partial charge in [-0.3, -0.25) is 4.79 Å². The van der Waals surface area contributed by atoms with Crippen LogP contribution < -0.4 is 10.1 Å². The van der Waals surface area contributed by atoms with Gasteiger partial charge >= 0.3 is 0 Å². The molecule has 1 aromatic rings. The van der Waals surface area contributed by atoms with Crippen LogP contribution in [0.4, 0.5) is 4.39 Å². The van der Waals surface area contributed by atoms with Gasteiger partial charge in [0.2, 0.25) is 0 Å². The smallest absolute Gasteiger partial charge is 0.260 e. The van der Waals surface area contributed by atoms with Gasteiger partial charge in [-0.15, -0.1) is 0 Å². The Labute approximate surface area is 128 Å². The number of halogens is 2. The van der Waals surface area contributed by atoms with Crippen LogP contribution in [0.3, 0.4) is 0 Å². The maximum atomic E-state index is 12.9. The van der Waals surface area contributed by atoms with Crippen LogP contribution >= 0.6 is 11.6 Å². The van der Waals surface area contributed by atoms with Crippen molar-refractivity contribution in [2.45, 2.75) is 38.4 Å². The summed E-state index contributed by atoms with van der Waals surface area (Å²) in [6, 6.07) is 3.80. The molecule has 0 aliphatic carbocycles. The highest BCUT2D eigenvalue weighted by molar-refractivity contribution is 6.32.